The number of amides is 1. The van der Waals surface area contributed by atoms with E-state index in [1.54, 1.807) is 7.11 Å². The lowest BCUT2D eigenvalue weighted by Gasteiger charge is -2.36. The van der Waals surface area contributed by atoms with Gasteiger partial charge in [0.05, 0.1) is 13.2 Å². The highest BCUT2D eigenvalue weighted by atomic mass is 16.5. The summed E-state index contributed by atoms with van der Waals surface area (Å²) >= 11 is 0. The number of piperazine rings is 1. The van der Waals surface area contributed by atoms with Crippen molar-refractivity contribution in [3.63, 3.8) is 0 Å². The second kappa shape index (κ2) is 8.15. The van der Waals surface area contributed by atoms with Crippen LogP contribution in [0.1, 0.15) is 12.5 Å². The Kier molecular flexibility index (Phi) is 6.21. The number of hydrogen-bond acceptors (Lipinski definition) is 4. The summed E-state index contributed by atoms with van der Waals surface area (Å²) in [6.07, 6.45) is 0. The standard InChI is InChI=1S/C17H27N3O2/c1-14-5-4-6-16(11-14)20-9-7-19(8-10-20)12-17(21)18-15(2)13-22-3/h4-6,11,15H,7-10,12-13H2,1-3H3,(H,18,21). The van der Waals surface area contributed by atoms with Gasteiger partial charge in [0, 0.05) is 45.0 Å². The Bertz CT molecular complexity index is 485. The van der Waals surface area contributed by atoms with E-state index in [1.807, 2.05) is 6.92 Å². The molecule has 0 spiro atoms. The van der Waals surface area contributed by atoms with Gasteiger partial charge in [-0.15, -0.1) is 0 Å². The van der Waals surface area contributed by atoms with E-state index < -0.39 is 0 Å². The first-order valence-electron chi connectivity index (χ1n) is 7.90. The van der Waals surface area contributed by atoms with Crippen molar-refractivity contribution in [1.82, 2.24) is 10.2 Å². The molecular formula is C17H27N3O2. The predicted octanol–water partition coefficient (Wildman–Crippen LogP) is 1.27. The van der Waals surface area contributed by atoms with Crippen molar-refractivity contribution in [2.45, 2.75) is 19.9 Å². The first kappa shape index (κ1) is 16.8. The minimum Gasteiger partial charge on any atom is -0.383 e. The highest BCUT2D eigenvalue weighted by molar-refractivity contribution is 5.78. The molecule has 5 nitrogen and oxygen atoms in total. The molecule has 1 fully saturated rings. The summed E-state index contributed by atoms with van der Waals surface area (Å²) in [7, 11) is 1.65. The van der Waals surface area contributed by atoms with Crippen LogP contribution < -0.4 is 10.2 Å². The number of aryl methyl sites for hydroxylation is 1. The molecule has 1 saturated heterocycles. The van der Waals surface area contributed by atoms with Gasteiger partial charge in [-0.3, -0.25) is 9.69 Å². The average Bonchev–Trinajstić information content (AvgIpc) is 2.48. The summed E-state index contributed by atoms with van der Waals surface area (Å²) in [5.41, 5.74) is 2.56. The fraction of sp³-hybridized carbons (Fsp3) is 0.588. The van der Waals surface area contributed by atoms with Crippen molar-refractivity contribution < 1.29 is 9.53 Å². The summed E-state index contributed by atoms with van der Waals surface area (Å²) in [6.45, 7) is 8.85. The molecule has 1 N–H and O–H groups in total. The third-order valence-electron chi connectivity index (χ3n) is 3.93. The fourth-order valence-corrected chi connectivity index (χ4v) is 2.80. The molecule has 1 atom stereocenters. The normalized spacial score (nSPS) is 17.3. The molecular weight excluding hydrogens is 278 g/mol. The first-order valence-corrected chi connectivity index (χ1v) is 7.90. The maximum absolute atomic E-state index is 12.0. The summed E-state index contributed by atoms with van der Waals surface area (Å²) in [5.74, 6) is 0.0774. The summed E-state index contributed by atoms with van der Waals surface area (Å²) in [5, 5.41) is 2.96. The van der Waals surface area contributed by atoms with Crippen LogP contribution in [0.3, 0.4) is 0 Å². The minimum atomic E-state index is 0.0612. The number of methoxy groups -OCH3 is 1. The second-order valence-corrected chi connectivity index (χ2v) is 6.03. The lowest BCUT2D eigenvalue weighted by Crippen LogP contribution is -2.50. The average molecular weight is 305 g/mol. The molecule has 0 radical (unpaired) electrons. The lowest BCUT2D eigenvalue weighted by atomic mass is 10.2. The zero-order valence-electron chi connectivity index (χ0n) is 13.8. The molecule has 1 aliphatic rings. The van der Waals surface area contributed by atoms with Gasteiger partial charge in [0.25, 0.3) is 0 Å². The molecule has 1 unspecified atom stereocenters. The molecule has 0 bridgehead atoms. The number of hydrogen-bond donors (Lipinski definition) is 1. The summed E-state index contributed by atoms with van der Waals surface area (Å²) < 4.78 is 5.03. The Balaban J connectivity index is 1.76. The molecule has 2 rings (SSSR count). The van der Waals surface area contributed by atoms with Gasteiger partial charge in [0.1, 0.15) is 0 Å². The number of carbonyl (C=O) groups is 1. The molecule has 1 aromatic rings. The van der Waals surface area contributed by atoms with Crippen LogP contribution in [0, 0.1) is 6.92 Å². The van der Waals surface area contributed by atoms with Gasteiger partial charge in [-0.2, -0.15) is 0 Å². The number of nitrogens with zero attached hydrogens (tertiary/aromatic N) is 2. The Morgan fingerprint density at radius 1 is 1.32 bits per heavy atom. The molecule has 122 valence electrons. The fourth-order valence-electron chi connectivity index (χ4n) is 2.80. The number of anilines is 1. The largest absolute Gasteiger partial charge is 0.383 e. The van der Waals surface area contributed by atoms with E-state index in [1.165, 1.54) is 11.3 Å². The topological polar surface area (TPSA) is 44.8 Å². The molecule has 1 aliphatic heterocycles. The van der Waals surface area contributed by atoms with E-state index >= 15 is 0 Å². The second-order valence-electron chi connectivity index (χ2n) is 6.03. The van der Waals surface area contributed by atoms with E-state index in [0.29, 0.717) is 13.2 Å². The molecule has 0 saturated carbocycles. The van der Waals surface area contributed by atoms with E-state index in [2.05, 4.69) is 46.3 Å². The van der Waals surface area contributed by atoms with Crippen molar-refractivity contribution in [3.05, 3.63) is 29.8 Å². The van der Waals surface area contributed by atoms with Crippen molar-refractivity contribution in [2.24, 2.45) is 0 Å². The zero-order chi connectivity index (χ0) is 15.9. The van der Waals surface area contributed by atoms with Crippen LogP contribution in [0.25, 0.3) is 0 Å². The van der Waals surface area contributed by atoms with Crippen molar-refractivity contribution in [1.29, 1.82) is 0 Å². The molecule has 1 heterocycles. The Labute approximate surface area is 133 Å². The van der Waals surface area contributed by atoms with Crippen molar-refractivity contribution in [3.8, 4) is 0 Å². The summed E-state index contributed by atoms with van der Waals surface area (Å²) in [4.78, 5) is 16.6. The zero-order valence-corrected chi connectivity index (χ0v) is 13.8. The smallest absolute Gasteiger partial charge is 0.234 e. The molecule has 0 aromatic heterocycles. The van der Waals surface area contributed by atoms with Gasteiger partial charge in [-0.25, -0.2) is 0 Å². The number of benzene rings is 1. The third kappa shape index (κ3) is 5.00. The van der Waals surface area contributed by atoms with Gasteiger partial charge >= 0.3 is 0 Å². The molecule has 0 aliphatic carbocycles. The quantitative estimate of drug-likeness (QED) is 0.860. The number of ether oxygens (including phenoxy) is 1. The van der Waals surface area contributed by atoms with Gasteiger partial charge in [0.15, 0.2) is 0 Å². The maximum atomic E-state index is 12.0. The van der Waals surface area contributed by atoms with Gasteiger partial charge in [0.2, 0.25) is 5.91 Å². The number of nitrogens with one attached hydrogen (secondary N) is 1. The van der Waals surface area contributed by atoms with Gasteiger partial charge in [-0.05, 0) is 31.5 Å². The Morgan fingerprint density at radius 3 is 2.68 bits per heavy atom. The highest BCUT2D eigenvalue weighted by Crippen LogP contribution is 2.17. The van der Waals surface area contributed by atoms with Crippen LogP contribution in [0.4, 0.5) is 5.69 Å². The van der Waals surface area contributed by atoms with Gasteiger partial charge in [-0.1, -0.05) is 12.1 Å². The molecule has 1 amide bonds. The van der Waals surface area contributed by atoms with E-state index in [-0.39, 0.29) is 11.9 Å². The van der Waals surface area contributed by atoms with E-state index in [0.717, 1.165) is 26.2 Å². The number of rotatable bonds is 6. The Morgan fingerprint density at radius 2 is 2.05 bits per heavy atom. The van der Waals surface area contributed by atoms with Crippen molar-refractivity contribution >= 4 is 11.6 Å². The maximum Gasteiger partial charge on any atom is 0.234 e. The van der Waals surface area contributed by atoms with Crippen LogP contribution in [0.5, 0.6) is 0 Å². The van der Waals surface area contributed by atoms with Crippen LogP contribution in [0.15, 0.2) is 24.3 Å². The van der Waals surface area contributed by atoms with Crippen molar-refractivity contribution in [2.75, 3.05) is 51.3 Å². The SMILES string of the molecule is COCC(C)NC(=O)CN1CCN(c2cccc(C)c2)CC1. The van der Waals surface area contributed by atoms with Gasteiger partial charge < -0.3 is 15.0 Å². The molecule has 5 heteroatoms. The van der Waals surface area contributed by atoms with Crippen LogP contribution in [0.2, 0.25) is 0 Å². The minimum absolute atomic E-state index is 0.0612. The highest BCUT2D eigenvalue weighted by Gasteiger charge is 2.19. The van der Waals surface area contributed by atoms with E-state index in [9.17, 15) is 4.79 Å². The first-order chi connectivity index (χ1) is 10.6. The van der Waals surface area contributed by atoms with Crippen LogP contribution >= 0.6 is 0 Å². The molecule has 22 heavy (non-hydrogen) atoms. The Hall–Kier alpha value is -1.59. The number of carbonyl (C=O) groups excluding carboxylic acids is 1. The predicted molar refractivity (Wildman–Crippen MR) is 89.3 cm³/mol. The summed E-state index contributed by atoms with van der Waals surface area (Å²) in [6, 6.07) is 8.65. The monoisotopic (exact) mass is 305 g/mol. The van der Waals surface area contributed by atoms with E-state index in [4.69, 9.17) is 4.74 Å². The van der Waals surface area contributed by atoms with Crippen LogP contribution in [-0.2, 0) is 9.53 Å². The molecule has 1 aromatic carbocycles. The lowest BCUT2D eigenvalue weighted by molar-refractivity contribution is -0.123. The third-order valence-corrected chi connectivity index (χ3v) is 3.93. The van der Waals surface area contributed by atoms with Crippen LogP contribution in [-0.4, -0.2) is 63.3 Å².